The molecular formula is C12H20O5Si. The van der Waals surface area contributed by atoms with Gasteiger partial charge < -0.3 is 22.8 Å². The monoisotopic (exact) mass is 272 g/mol. The predicted molar refractivity (Wildman–Crippen MR) is 70.7 cm³/mol. The van der Waals surface area contributed by atoms with Crippen LogP contribution in [0, 0.1) is 6.92 Å². The summed E-state index contributed by atoms with van der Waals surface area (Å²) >= 11 is 0. The largest absolute Gasteiger partial charge is 0.540 e. The first-order valence-corrected chi connectivity index (χ1v) is 7.19. The van der Waals surface area contributed by atoms with Gasteiger partial charge in [0.25, 0.3) is 0 Å². The lowest BCUT2D eigenvalue weighted by Crippen LogP contribution is -2.55. The van der Waals surface area contributed by atoms with Gasteiger partial charge in [-0.2, -0.15) is 0 Å². The lowest BCUT2D eigenvalue weighted by molar-refractivity contribution is 0.139. The van der Waals surface area contributed by atoms with E-state index in [1.165, 1.54) is 0 Å². The van der Waals surface area contributed by atoms with Gasteiger partial charge in [-0.05, 0) is 24.6 Å². The van der Waals surface area contributed by atoms with Crippen molar-refractivity contribution in [1.82, 2.24) is 0 Å². The van der Waals surface area contributed by atoms with E-state index in [0.717, 1.165) is 10.8 Å². The maximum atomic E-state index is 5.48. The Morgan fingerprint density at radius 1 is 0.833 bits per heavy atom. The number of rotatable bonds is 6. The summed E-state index contributed by atoms with van der Waals surface area (Å²) in [6, 6.07) is 3.72. The smallest absolute Gasteiger partial charge is 0.497 e. The van der Waals surface area contributed by atoms with Crippen LogP contribution < -0.4 is 14.7 Å². The number of hydrogen-bond donors (Lipinski definition) is 0. The molecule has 0 heterocycles. The van der Waals surface area contributed by atoms with E-state index in [0.29, 0.717) is 11.5 Å². The fraction of sp³-hybridized carbons (Fsp3) is 0.500. The van der Waals surface area contributed by atoms with E-state index in [4.69, 9.17) is 22.8 Å². The molecule has 0 saturated carbocycles. The van der Waals surface area contributed by atoms with Crippen LogP contribution in [0.1, 0.15) is 5.56 Å². The maximum absolute atomic E-state index is 5.48. The molecule has 0 radical (unpaired) electrons. The molecule has 0 saturated heterocycles. The average Bonchev–Trinajstić information content (AvgIpc) is 2.41. The molecule has 1 aromatic rings. The molecule has 102 valence electrons. The SMILES string of the molecule is COc1cc(C)c(OC)c([Si](OC)(OC)OC)c1. The minimum Gasteiger partial charge on any atom is -0.497 e. The van der Waals surface area contributed by atoms with Gasteiger partial charge in [0.05, 0.1) is 19.4 Å². The highest BCUT2D eigenvalue weighted by atomic mass is 28.4. The molecule has 1 aromatic carbocycles. The predicted octanol–water partition coefficient (Wildman–Crippen LogP) is 1.10. The standard InChI is InChI=1S/C12H20O5Si/c1-9-7-10(13-2)8-11(12(9)14-3)18(15-4,16-5)17-6/h7-8H,1-6H3. The summed E-state index contributed by atoms with van der Waals surface area (Å²) < 4.78 is 27.1. The van der Waals surface area contributed by atoms with Crippen molar-refractivity contribution in [1.29, 1.82) is 0 Å². The first-order valence-electron chi connectivity index (χ1n) is 5.47. The van der Waals surface area contributed by atoms with Gasteiger partial charge in [-0.25, -0.2) is 0 Å². The quantitative estimate of drug-likeness (QED) is 0.726. The van der Waals surface area contributed by atoms with Gasteiger partial charge >= 0.3 is 8.80 Å². The Bertz CT molecular complexity index is 395. The van der Waals surface area contributed by atoms with Gasteiger partial charge in [0.2, 0.25) is 0 Å². The van der Waals surface area contributed by atoms with Crippen LogP contribution in [0.5, 0.6) is 11.5 Å². The maximum Gasteiger partial charge on any atom is 0.540 e. The number of benzene rings is 1. The van der Waals surface area contributed by atoms with Crippen molar-refractivity contribution in [2.45, 2.75) is 6.92 Å². The van der Waals surface area contributed by atoms with E-state index in [1.807, 2.05) is 19.1 Å². The van der Waals surface area contributed by atoms with Crippen LogP contribution in [-0.4, -0.2) is 44.4 Å². The van der Waals surface area contributed by atoms with E-state index in [1.54, 1.807) is 35.5 Å². The van der Waals surface area contributed by atoms with Crippen LogP contribution in [-0.2, 0) is 13.3 Å². The minimum atomic E-state index is -2.94. The van der Waals surface area contributed by atoms with Crippen LogP contribution in [0.15, 0.2) is 12.1 Å². The van der Waals surface area contributed by atoms with Crippen molar-refractivity contribution < 1.29 is 22.8 Å². The third-order valence-corrected chi connectivity index (χ3v) is 5.47. The summed E-state index contributed by atoms with van der Waals surface area (Å²) in [5, 5.41) is 0.759. The zero-order valence-corrected chi connectivity index (χ0v) is 12.7. The van der Waals surface area contributed by atoms with Gasteiger partial charge in [0, 0.05) is 21.3 Å². The van der Waals surface area contributed by atoms with E-state index in [9.17, 15) is 0 Å². The highest BCUT2D eigenvalue weighted by Crippen LogP contribution is 2.25. The minimum absolute atomic E-state index is 0.702. The Morgan fingerprint density at radius 2 is 1.39 bits per heavy atom. The van der Waals surface area contributed by atoms with Crippen molar-refractivity contribution in [3.05, 3.63) is 17.7 Å². The molecule has 18 heavy (non-hydrogen) atoms. The summed E-state index contributed by atoms with van der Waals surface area (Å²) in [6.07, 6.45) is 0. The normalized spacial score (nSPS) is 11.4. The molecule has 5 nitrogen and oxygen atoms in total. The number of hydrogen-bond acceptors (Lipinski definition) is 5. The van der Waals surface area contributed by atoms with Gasteiger partial charge in [0.1, 0.15) is 11.5 Å². The van der Waals surface area contributed by atoms with Crippen molar-refractivity contribution in [2.75, 3.05) is 35.5 Å². The van der Waals surface area contributed by atoms with E-state index >= 15 is 0 Å². The fourth-order valence-electron chi connectivity index (χ4n) is 1.94. The Balaban J connectivity index is 3.48. The molecule has 0 aliphatic heterocycles. The second-order valence-corrected chi connectivity index (χ2v) is 6.57. The van der Waals surface area contributed by atoms with Crippen LogP contribution in [0.2, 0.25) is 0 Å². The Kier molecular flexibility index (Phi) is 5.15. The molecule has 0 unspecified atom stereocenters. The summed E-state index contributed by atoms with van der Waals surface area (Å²) in [7, 11) is 4.97. The van der Waals surface area contributed by atoms with Gasteiger partial charge in [0.15, 0.2) is 0 Å². The van der Waals surface area contributed by atoms with E-state index in [-0.39, 0.29) is 0 Å². The fourth-order valence-corrected chi connectivity index (χ4v) is 3.99. The summed E-state index contributed by atoms with van der Waals surface area (Å²) in [4.78, 5) is 0. The summed E-state index contributed by atoms with van der Waals surface area (Å²) in [5.74, 6) is 1.42. The molecule has 0 aliphatic carbocycles. The van der Waals surface area contributed by atoms with Crippen molar-refractivity contribution in [2.24, 2.45) is 0 Å². The molecule has 0 N–H and O–H groups in total. The third kappa shape index (κ3) is 2.51. The molecule has 0 atom stereocenters. The molecule has 0 fully saturated rings. The topological polar surface area (TPSA) is 46.2 Å². The van der Waals surface area contributed by atoms with Gasteiger partial charge in [-0.15, -0.1) is 0 Å². The Morgan fingerprint density at radius 3 is 1.78 bits per heavy atom. The van der Waals surface area contributed by atoms with Crippen LogP contribution in [0.3, 0.4) is 0 Å². The second-order valence-electron chi connectivity index (χ2n) is 3.69. The summed E-state index contributed by atoms with van der Waals surface area (Å²) in [6.45, 7) is 1.94. The number of aryl methyl sites for hydroxylation is 1. The van der Waals surface area contributed by atoms with Crippen LogP contribution >= 0.6 is 0 Å². The lowest BCUT2D eigenvalue weighted by atomic mass is 10.2. The molecule has 0 aliphatic rings. The molecule has 0 amide bonds. The van der Waals surface area contributed by atoms with Crippen LogP contribution in [0.4, 0.5) is 0 Å². The first-order chi connectivity index (χ1) is 8.58. The lowest BCUT2D eigenvalue weighted by Gasteiger charge is -2.27. The van der Waals surface area contributed by atoms with E-state index in [2.05, 4.69) is 0 Å². The second kappa shape index (κ2) is 6.19. The van der Waals surface area contributed by atoms with Crippen LogP contribution in [0.25, 0.3) is 0 Å². The molecule has 0 spiro atoms. The van der Waals surface area contributed by atoms with Gasteiger partial charge in [-0.3, -0.25) is 0 Å². The average molecular weight is 272 g/mol. The van der Waals surface area contributed by atoms with Crippen molar-refractivity contribution in [3.63, 3.8) is 0 Å². The highest BCUT2D eigenvalue weighted by Gasteiger charge is 2.44. The van der Waals surface area contributed by atoms with Crippen molar-refractivity contribution in [3.8, 4) is 11.5 Å². The molecule has 0 aromatic heterocycles. The van der Waals surface area contributed by atoms with Crippen molar-refractivity contribution >= 4 is 14.0 Å². The molecule has 0 bridgehead atoms. The zero-order valence-electron chi connectivity index (χ0n) is 11.7. The zero-order chi connectivity index (χ0) is 13.8. The number of methoxy groups -OCH3 is 2. The summed E-state index contributed by atoms with van der Waals surface area (Å²) in [5.41, 5.74) is 0.940. The molecule has 6 heteroatoms. The Labute approximate surface area is 109 Å². The number of ether oxygens (including phenoxy) is 2. The van der Waals surface area contributed by atoms with Gasteiger partial charge in [-0.1, -0.05) is 0 Å². The third-order valence-electron chi connectivity index (χ3n) is 2.82. The molecule has 1 rings (SSSR count). The van der Waals surface area contributed by atoms with E-state index < -0.39 is 8.80 Å². The molecular weight excluding hydrogens is 252 g/mol. The first kappa shape index (κ1) is 15.0. The highest BCUT2D eigenvalue weighted by molar-refractivity contribution is 6.76. The Hall–Kier alpha value is -1.08.